The van der Waals surface area contributed by atoms with Crippen molar-refractivity contribution < 1.29 is 4.79 Å². The smallest absolute Gasteiger partial charge is 0.140 e. The maximum atomic E-state index is 12.1. The van der Waals surface area contributed by atoms with E-state index in [1.165, 1.54) is 16.7 Å². The third-order valence-electron chi connectivity index (χ3n) is 4.20. The summed E-state index contributed by atoms with van der Waals surface area (Å²) in [5.41, 5.74) is 4.92. The predicted octanol–water partition coefficient (Wildman–Crippen LogP) is 4.02. The van der Waals surface area contributed by atoms with Crippen molar-refractivity contribution in [1.82, 2.24) is 0 Å². The number of ketones is 1. The van der Waals surface area contributed by atoms with Crippen LogP contribution in [0.2, 0.25) is 0 Å². The Morgan fingerprint density at radius 1 is 1.28 bits per heavy atom. The van der Waals surface area contributed by atoms with Crippen LogP contribution in [0, 0.1) is 11.8 Å². The quantitative estimate of drug-likeness (QED) is 0.760. The van der Waals surface area contributed by atoms with Crippen LogP contribution in [-0.2, 0) is 4.79 Å². The number of hydrogen-bond acceptors (Lipinski definition) is 1. The number of fused-ring (bicyclic) bond motifs is 1. The van der Waals surface area contributed by atoms with Crippen molar-refractivity contribution in [1.29, 1.82) is 0 Å². The van der Waals surface area contributed by atoms with Crippen molar-refractivity contribution in [3.8, 4) is 0 Å². The van der Waals surface area contributed by atoms with Crippen LogP contribution in [0.3, 0.4) is 0 Å². The second kappa shape index (κ2) is 4.24. The molecule has 1 saturated carbocycles. The van der Waals surface area contributed by atoms with E-state index in [1.54, 1.807) is 0 Å². The minimum atomic E-state index is 0.145. The molecule has 1 nitrogen and oxygen atoms in total. The van der Waals surface area contributed by atoms with Crippen LogP contribution in [-0.4, -0.2) is 5.78 Å². The summed E-state index contributed by atoms with van der Waals surface area (Å²) < 4.78 is 0. The lowest BCUT2D eigenvalue weighted by Gasteiger charge is -2.45. The standard InChI is InChI=1S/C17H18O/c1-11(2)15-16(12-7-4-3-5-8-12)13-9-6-10-14(18)17(13)15/h3-5,7-8,13,17H,1,6,9-10H2,2H3/t13-,17+/m1/s1. The van der Waals surface area contributed by atoms with E-state index in [9.17, 15) is 4.79 Å². The Labute approximate surface area is 108 Å². The second-order valence-electron chi connectivity index (χ2n) is 5.42. The number of Topliss-reactive ketones (excluding diaryl/α,β-unsaturated/α-hetero) is 1. The minimum absolute atomic E-state index is 0.145. The van der Waals surface area contributed by atoms with Gasteiger partial charge in [-0.2, -0.15) is 0 Å². The number of carbonyl (C=O) groups excluding carboxylic acids is 1. The van der Waals surface area contributed by atoms with Gasteiger partial charge in [-0.1, -0.05) is 42.5 Å². The molecule has 0 bridgehead atoms. The molecule has 0 unspecified atom stereocenters. The highest BCUT2D eigenvalue weighted by Gasteiger charge is 2.46. The molecule has 0 saturated heterocycles. The van der Waals surface area contributed by atoms with E-state index in [1.807, 2.05) is 13.0 Å². The van der Waals surface area contributed by atoms with E-state index in [2.05, 4.69) is 30.8 Å². The molecular formula is C17H18O. The van der Waals surface area contributed by atoms with Gasteiger partial charge in [-0.25, -0.2) is 0 Å². The maximum absolute atomic E-state index is 12.1. The van der Waals surface area contributed by atoms with Gasteiger partial charge in [-0.3, -0.25) is 4.79 Å². The monoisotopic (exact) mass is 238 g/mol. The Morgan fingerprint density at radius 2 is 2.00 bits per heavy atom. The Kier molecular flexibility index (Phi) is 2.70. The van der Waals surface area contributed by atoms with Gasteiger partial charge in [-0.05, 0) is 42.4 Å². The van der Waals surface area contributed by atoms with Crippen molar-refractivity contribution in [2.75, 3.05) is 0 Å². The van der Waals surface area contributed by atoms with E-state index in [0.29, 0.717) is 11.7 Å². The topological polar surface area (TPSA) is 17.1 Å². The molecule has 0 heterocycles. The van der Waals surface area contributed by atoms with Gasteiger partial charge >= 0.3 is 0 Å². The molecule has 0 N–H and O–H groups in total. The summed E-state index contributed by atoms with van der Waals surface area (Å²) in [6.07, 6.45) is 2.94. The number of rotatable bonds is 2. The molecule has 2 aliphatic rings. The molecule has 2 atom stereocenters. The molecule has 92 valence electrons. The Balaban J connectivity index is 2.10. The first-order chi connectivity index (χ1) is 8.70. The fraction of sp³-hybridized carbons (Fsp3) is 0.353. The predicted molar refractivity (Wildman–Crippen MR) is 74.0 cm³/mol. The molecule has 1 fully saturated rings. The number of carbonyl (C=O) groups is 1. The number of benzene rings is 1. The van der Waals surface area contributed by atoms with Crippen molar-refractivity contribution >= 4 is 11.4 Å². The van der Waals surface area contributed by atoms with E-state index < -0.39 is 0 Å². The Bertz CT molecular complexity index is 536. The fourth-order valence-electron chi connectivity index (χ4n) is 3.47. The van der Waals surface area contributed by atoms with Gasteiger partial charge in [0.25, 0.3) is 0 Å². The van der Waals surface area contributed by atoms with Crippen molar-refractivity contribution in [3.05, 3.63) is 53.6 Å². The summed E-state index contributed by atoms with van der Waals surface area (Å²) in [6.45, 7) is 6.09. The molecule has 0 aromatic heterocycles. The zero-order chi connectivity index (χ0) is 12.7. The maximum Gasteiger partial charge on any atom is 0.140 e. The van der Waals surface area contributed by atoms with Gasteiger partial charge in [0.15, 0.2) is 0 Å². The van der Waals surface area contributed by atoms with Gasteiger partial charge < -0.3 is 0 Å². The molecule has 1 aromatic rings. The molecule has 1 aromatic carbocycles. The van der Waals surface area contributed by atoms with Crippen molar-refractivity contribution in [2.45, 2.75) is 26.2 Å². The van der Waals surface area contributed by atoms with Gasteiger partial charge in [-0.15, -0.1) is 0 Å². The van der Waals surface area contributed by atoms with Gasteiger partial charge in [0.1, 0.15) is 5.78 Å². The summed E-state index contributed by atoms with van der Waals surface area (Å²) in [7, 11) is 0. The molecule has 0 aliphatic heterocycles. The minimum Gasteiger partial charge on any atom is -0.299 e. The highest BCUT2D eigenvalue weighted by atomic mass is 16.1. The van der Waals surface area contributed by atoms with Crippen LogP contribution in [0.25, 0.3) is 5.57 Å². The molecule has 0 radical (unpaired) electrons. The van der Waals surface area contributed by atoms with E-state index in [-0.39, 0.29) is 5.92 Å². The van der Waals surface area contributed by atoms with E-state index >= 15 is 0 Å². The van der Waals surface area contributed by atoms with Crippen LogP contribution in [0.15, 0.2) is 48.1 Å². The van der Waals surface area contributed by atoms with E-state index in [4.69, 9.17) is 0 Å². The molecule has 0 amide bonds. The van der Waals surface area contributed by atoms with Crippen LogP contribution < -0.4 is 0 Å². The van der Waals surface area contributed by atoms with Gasteiger partial charge in [0, 0.05) is 6.42 Å². The molecule has 18 heavy (non-hydrogen) atoms. The van der Waals surface area contributed by atoms with E-state index in [0.717, 1.165) is 24.8 Å². The summed E-state index contributed by atoms with van der Waals surface area (Å²) in [4.78, 5) is 12.1. The third kappa shape index (κ3) is 1.58. The average molecular weight is 238 g/mol. The lowest BCUT2D eigenvalue weighted by Crippen LogP contribution is -2.39. The highest BCUT2D eigenvalue weighted by Crippen LogP contribution is 2.54. The molecule has 2 aliphatic carbocycles. The van der Waals surface area contributed by atoms with Crippen LogP contribution in [0.4, 0.5) is 0 Å². The van der Waals surface area contributed by atoms with Crippen LogP contribution >= 0.6 is 0 Å². The zero-order valence-corrected chi connectivity index (χ0v) is 10.8. The normalized spacial score (nSPS) is 26.6. The Hall–Kier alpha value is -1.63. The van der Waals surface area contributed by atoms with Crippen LogP contribution in [0.5, 0.6) is 0 Å². The lowest BCUT2D eigenvalue weighted by molar-refractivity contribution is -0.125. The summed E-state index contributed by atoms with van der Waals surface area (Å²) in [6, 6.07) is 10.5. The first-order valence-corrected chi connectivity index (χ1v) is 6.68. The Morgan fingerprint density at radius 3 is 2.67 bits per heavy atom. The lowest BCUT2D eigenvalue weighted by atomic mass is 9.58. The fourth-order valence-corrected chi connectivity index (χ4v) is 3.47. The molecule has 0 spiro atoms. The molecule has 3 rings (SSSR count). The van der Waals surface area contributed by atoms with Gasteiger partial charge in [0.2, 0.25) is 0 Å². The number of allylic oxidation sites excluding steroid dienone is 3. The SMILES string of the molecule is C=C(C)C1=C(c2ccccc2)[C@H]2CCCC(=O)[C@@H]12. The first-order valence-electron chi connectivity index (χ1n) is 6.68. The second-order valence-corrected chi connectivity index (χ2v) is 5.42. The summed E-state index contributed by atoms with van der Waals surface area (Å²) in [5.74, 6) is 1.01. The average Bonchev–Trinajstić information content (AvgIpc) is 2.32. The number of hydrogen-bond donors (Lipinski definition) is 0. The van der Waals surface area contributed by atoms with Gasteiger partial charge in [0.05, 0.1) is 5.92 Å². The largest absolute Gasteiger partial charge is 0.299 e. The first kappa shape index (κ1) is 11.5. The summed E-state index contributed by atoms with van der Waals surface area (Å²) >= 11 is 0. The van der Waals surface area contributed by atoms with Crippen LogP contribution in [0.1, 0.15) is 31.7 Å². The third-order valence-corrected chi connectivity index (χ3v) is 4.20. The van der Waals surface area contributed by atoms with Crippen molar-refractivity contribution in [2.24, 2.45) is 11.8 Å². The highest BCUT2D eigenvalue weighted by molar-refractivity contribution is 5.97. The zero-order valence-electron chi connectivity index (χ0n) is 10.8. The molecule has 1 heteroatoms. The summed E-state index contributed by atoms with van der Waals surface area (Å²) in [5, 5.41) is 0. The molecular weight excluding hydrogens is 220 g/mol. The van der Waals surface area contributed by atoms with Crippen molar-refractivity contribution in [3.63, 3.8) is 0 Å².